The van der Waals surface area contributed by atoms with Crippen LogP contribution in [0.2, 0.25) is 0 Å². The molecule has 106 valence electrons. The zero-order valence-corrected chi connectivity index (χ0v) is 12.1. The van der Waals surface area contributed by atoms with Crippen molar-refractivity contribution in [3.63, 3.8) is 0 Å². The van der Waals surface area contributed by atoms with Gasteiger partial charge in [-0.15, -0.1) is 0 Å². The molecule has 1 fully saturated rings. The first-order chi connectivity index (χ1) is 9.15. The number of nitrogens with zero attached hydrogens (tertiary/aromatic N) is 3. The average Bonchev–Trinajstić information content (AvgIpc) is 2.60. The molecule has 1 atom stereocenters. The van der Waals surface area contributed by atoms with Crippen LogP contribution >= 0.6 is 0 Å². The van der Waals surface area contributed by atoms with Gasteiger partial charge in [0.2, 0.25) is 5.88 Å². The van der Waals surface area contributed by atoms with Crippen LogP contribution in [0, 0.1) is 0 Å². The molecule has 0 spiro atoms. The summed E-state index contributed by atoms with van der Waals surface area (Å²) < 4.78 is 5.22. The minimum absolute atomic E-state index is 0.494. The van der Waals surface area contributed by atoms with Crippen molar-refractivity contribution in [1.82, 2.24) is 9.88 Å². The Bertz CT molecular complexity index is 424. The number of anilines is 2. The molecule has 2 heterocycles. The summed E-state index contributed by atoms with van der Waals surface area (Å²) in [5.74, 6) is 1.48. The van der Waals surface area contributed by atoms with Gasteiger partial charge in [0.15, 0.2) is 0 Å². The predicted octanol–water partition coefficient (Wildman–Crippen LogP) is 1.59. The summed E-state index contributed by atoms with van der Waals surface area (Å²) in [5.41, 5.74) is 6.42. The molecule has 5 heteroatoms. The Morgan fingerprint density at radius 3 is 2.89 bits per heavy atom. The number of rotatable bonds is 3. The lowest BCUT2D eigenvalue weighted by Crippen LogP contribution is -2.40. The molecule has 1 saturated heterocycles. The maximum Gasteiger partial charge on any atom is 0.238 e. The summed E-state index contributed by atoms with van der Waals surface area (Å²) in [7, 11) is 3.79. The van der Waals surface area contributed by atoms with Gasteiger partial charge in [-0.3, -0.25) is 0 Å². The van der Waals surface area contributed by atoms with Gasteiger partial charge in [-0.2, -0.15) is 4.98 Å². The van der Waals surface area contributed by atoms with Crippen LogP contribution in [-0.4, -0.2) is 49.7 Å². The van der Waals surface area contributed by atoms with Crippen LogP contribution in [0.15, 0.2) is 12.1 Å². The van der Waals surface area contributed by atoms with Crippen molar-refractivity contribution < 1.29 is 4.74 Å². The number of methoxy groups -OCH3 is 1. The monoisotopic (exact) mass is 264 g/mol. The van der Waals surface area contributed by atoms with Gasteiger partial charge in [-0.05, 0) is 38.6 Å². The number of pyridine rings is 1. The summed E-state index contributed by atoms with van der Waals surface area (Å²) in [4.78, 5) is 9.31. The largest absolute Gasteiger partial charge is 0.479 e. The lowest BCUT2D eigenvalue weighted by Gasteiger charge is -2.31. The smallest absolute Gasteiger partial charge is 0.238 e. The number of nitrogen functional groups attached to an aromatic ring is 1. The molecule has 19 heavy (non-hydrogen) atoms. The Morgan fingerprint density at radius 1 is 1.42 bits per heavy atom. The van der Waals surface area contributed by atoms with E-state index >= 15 is 0 Å². The minimum atomic E-state index is 0.494. The molecule has 0 aromatic carbocycles. The van der Waals surface area contributed by atoms with Crippen molar-refractivity contribution in [1.29, 1.82) is 0 Å². The molecule has 0 saturated carbocycles. The van der Waals surface area contributed by atoms with Gasteiger partial charge in [-0.25, -0.2) is 0 Å². The standard InChI is InChI=1S/C14H24N4O/c1-4-11-10-17(2)8-5-9-18(11)13-7-6-12(15)14(16-13)19-3/h6-7,11H,4-5,8-10,15H2,1-3H3. The van der Waals surface area contributed by atoms with Crippen molar-refractivity contribution in [3.05, 3.63) is 12.1 Å². The molecule has 2 rings (SSSR count). The highest BCUT2D eigenvalue weighted by Crippen LogP contribution is 2.26. The van der Waals surface area contributed by atoms with Crippen LogP contribution in [0.3, 0.4) is 0 Å². The molecule has 1 aromatic rings. The Balaban J connectivity index is 2.27. The second-order valence-electron chi connectivity index (χ2n) is 5.14. The highest BCUT2D eigenvalue weighted by molar-refractivity contribution is 5.55. The minimum Gasteiger partial charge on any atom is -0.479 e. The van der Waals surface area contributed by atoms with E-state index in [2.05, 4.69) is 28.8 Å². The quantitative estimate of drug-likeness (QED) is 0.898. The molecule has 1 aliphatic heterocycles. The Kier molecular flexibility index (Phi) is 4.47. The van der Waals surface area contributed by atoms with Gasteiger partial charge in [0.05, 0.1) is 12.8 Å². The van der Waals surface area contributed by atoms with Crippen molar-refractivity contribution in [2.24, 2.45) is 0 Å². The van der Waals surface area contributed by atoms with Crippen molar-refractivity contribution in [2.75, 3.05) is 44.4 Å². The number of likely N-dealkylation sites (N-methyl/N-ethyl adjacent to an activating group) is 1. The zero-order valence-electron chi connectivity index (χ0n) is 12.1. The van der Waals surface area contributed by atoms with Gasteiger partial charge in [0.25, 0.3) is 0 Å². The molecule has 0 aliphatic carbocycles. The Hall–Kier alpha value is -1.49. The summed E-state index contributed by atoms with van der Waals surface area (Å²) in [5, 5.41) is 0. The van der Waals surface area contributed by atoms with Crippen molar-refractivity contribution in [2.45, 2.75) is 25.8 Å². The first-order valence-corrected chi connectivity index (χ1v) is 6.91. The zero-order chi connectivity index (χ0) is 13.8. The molecular weight excluding hydrogens is 240 g/mol. The third-order valence-electron chi connectivity index (χ3n) is 3.74. The summed E-state index contributed by atoms with van der Waals surface area (Å²) in [6, 6.07) is 4.36. The van der Waals surface area contributed by atoms with E-state index in [0.717, 1.165) is 38.3 Å². The summed E-state index contributed by atoms with van der Waals surface area (Å²) >= 11 is 0. The maximum atomic E-state index is 5.84. The number of aromatic nitrogens is 1. The fourth-order valence-electron chi connectivity index (χ4n) is 2.66. The fourth-order valence-corrected chi connectivity index (χ4v) is 2.66. The molecule has 2 N–H and O–H groups in total. The normalized spacial score (nSPS) is 21.2. The van der Waals surface area contributed by atoms with E-state index in [4.69, 9.17) is 10.5 Å². The van der Waals surface area contributed by atoms with Crippen LogP contribution in [0.5, 0.6) is 5.88 Å². The first-order valence-electron chi connectivity index (χ1n) is 6.91. The summed E-state index contributed by atoms with van der Waals surface area (Å²) in [6.45, 7) is 5.47. The third-order valence-corrected chi connectivity index (χ3v) is 3.74. The van der Waals surface area contributed by atoms with Crippen LogP contribution in [0.25, 0.3) is 0 Å². The van der Waals surface area contributed by atoms with E-state index in [1.165, 1.54) is 0 Å². The van der Waals surface area contributed by atoms with E-state index in [1.807, 2.05) is 12.1 Å². The highest BCUT2D eigenvalue weighted by atomic mass is 16.5. The van der Waals surface area contributed by atoms with Crippen LogP contribution < -0.4 is 15.4 Å². The molecule has 5 nitrogen and oxygen atoms in total. The highest BCUT2D eigenvalue weighted by Gasteiger charge is 2.23. The predicted molar refractivity (Wildman–Crippen MR) is 78.7 cm³/mol. The average molecular weight is 264 g/mol. The van der Waals surface area contributed by atoms with Crippen molar-refractivity contribution in [3.8, 4) is 5.88 Å². The SMILES string of the molecule is CCC1CN(C)CCCN1c1ccc(N)c(OC)n1. The number of nitrogens with two attached hydrogens (primary N) is 1. The van der Waals surface area contributed by atoms with Crippen LogP contribution in [0.1, 0.15) is 19.8 Å². The van der Waals surface area contributed by atoms with Gasteiger partial charge in [0.1, 0.15) is 5.82 Å². The molecule has 1 unspecified atom stereocenters. The molecule has 1 aliphatic rings. The molecule has 0 amide bonds. The lowest BCUT2D eigenvalue weighted by molar-refractivity contribution is 0.327. The molecule has 0 radical (unpaired) electrons. The molecule has 0 bridgehead atoms. The second-order valence-corrected chi connectivity index (χ2v) is 5.14. The fraction of sp³-hybridized carbons (Fsp3) is 0.643. The first kappa shape index (κ1) is 13.9. The molecule has 1 aromatic heterocycles. The number of ether oxygens (including phenoxy) is 1. The summed E-state index contributed by atoms with van der Waals surface area (Å²) in [6.07, 6.45) is 2.26. The Labute approximate surface area is 115 Å². The molecular formula is C14H24N4O. The van der Waals surface area contributed by atoms with Gasteiger partial charge in [-0.1, -0.05) is 6.92 Å². The number of hydrogen-bond donors (Lipinski definition) is 1. The van der Waals surface area contributed by atoms with E-state index in [0.29, 0.717) is 17.6 Å². The van der Waals surface area contributed by atoms with E-state index in [-0.39, 0.29) is 0 Å². The van der Waals surface area contributed by atoms with E-state index < -0.39 is 0 Å². The van der Waals surface area contributed by atoms with E-state index in [9.17, 15) is 0 Å². The van der Waals surface area contributed by atoms with Crippen molar-refractivity contribution >= 4 is 11.5 Å². The maximum absolute atomic E-state index is 5.84. The number of hydrogen-bond acceptors (Lipinski definition) is 5. The topological polar surface area (TPSA) is 54.6 Å². The second kappa shape index (κ2) is 6.10. The third kappa shape index (κ3) is 3.10. The van der Waals surface area contributed by atoms with Gasteiger partial charge < -0.3 is 20.3 Å². The van der Waals surface area contributed by atoms with Gasteiger partial charge in [0, 0.05) is 19.1 Å². The van der Waals surface area contributed by atoms with Crippen LogP contribution in [-0.2, 0) is 0 Å². The van der Waals surface area contributed by atoms with Gasteiger partial charge >= 0.3 is 0 Å². The lowest BCUT2D eigenvalue weighted by atomic mass is 10.2. The Morgan fingerprint density at radius 2 is 2.21 bits per heavy atom. The van der Waals surface area contributed by atoms with E-state index in [1.54, 1.807) is 7.11 Å². The van der Waals surface area contributed by atoms with Crippen LogP contribution in [0.4, 0.5) is 11.5 Å².